The summed E-state index contributed by atoms with van der Waals surface area (Å²) in [5.41, 5.74) is 0.221. The van der Waals surface area contributed by atoms with Crippen molar-refractivity contribution in [2.75, 3.05) is 31.7 Å². The molecule has 1 aliphatic heterocycles. The van der Waals surface area contributed by atoms with Gasteiger partial charge in [0, 0.05) is 24.2 Å². The molecule has 1 saturated heterocycles. The van der Waals surface area contributed by atoms with E-state index in [2.05, 4.69) is 14.9 Å². The molecule has 2 rings (SSSR count). The van der Waals surface area contributed by atoms with E-state index in [9.17, 15) is 4.79 Å². The zero-order chi connectivity index (χ0) is 13.8. The van der Waals surface area contributed by atoms with Crippen LogP contribution in [0, 0.1) is 0 Å². The molecule has 1 aromatic rings. The Hall–Kier alpha value is -0.850. The van der Waals surface area contributed by atoms with E-state index in [0.717, 1.165) is 18.1 Å². The molecule has 0 aliphatic carbocycles. The van der Waals surface area contributed by atoms with E-state index in [4.69, 9.17) is 16.3 Å². The fourth-order valence-corrected chi connectivity index (χ4v) is 3.26. The van der Waals surface area contributed by atoms with Crippen molar-refractivity contribution >= 4 is 29.3 Å². The molecule has 0 bridgehead atoms. The molecule has 0 saturated carbocycles. The number of nitrogens with zero attached hydrogens (tertiary/aromatic N) is 3. The highest BCUT2D eigenvalue weighted by Crippen LogP contribution is 2.27. The molecular weight excluding hydrogens is 286 g/mol. The van der Waals surface area contributed by atoms with Crippen LogP contribution in [0.25, 0.3) is 0 Å². The Morgan fingerprint density at radius 3 is 3.11 bits per heavy atom. The van der Waals surface area contributed by atoms with E-state index in [0.29, 0.717) is 12.4 Å². The fraction of sp³-hybridized carbons (Fsp3) is 0.583. The van der Waals surface area contributed by atoms with Crippen molar-refractivity contribution in [2.24, 2.45) is 0 Å². The topological polar surface area (TPSA) is 55.3 Å². The molecule has 2 heterocycles. The Morgan fingerprint density at radius 2 is 2.47 bits per heavy atom. The first-order valence-corrected chi connectivity index (χ1v) is 7.64. The molecule has 5 nitrogen and oxygen atoms in total. The average molecular weight is 302 g/mol. The van der Waals surface area contributed by atoms with E-state index in [1.807, 2.05) is 18.8 Å². The number of thioether (sulfide) groups is 1. The summed E-state index contributed by atoms with van der Waals surface area (Å²) in [6.45, 7) is 3.05. The van der Waals surface area contributed by atoms with Crippen LogP contribution in [0.1, 0.15) is 29.1 Å². The van der Waals surface area contributed by atoms with Gasteiger partial charge in [-0.25, -0.2) is 14.8 Å². The highest BCUT2D eigenvalue weighted by Gasteiger charge is 2.25. The van der Waals surface area contributed by atoms with E-state index >= 15 is 0 Å². The lowest BCUT2D eigenvalue weighted by Crippen LogP contribution is -2.34. The number of rotatable bonds is 3. The average Bonchev–Trinajstić information content (AvgIpc) is 2.39. The second-order valence-corrected chi connectivity index (χ2v) is 5.73. The molecule has 0 radical (unpaired) electrons. The van der Waals surface area contributed by atoms with Gasteiger partial charge in [0.1, 0.15) is 16.5 Å². The largest absolute Gasteiger partial charge is 0.462 e. The molecule has 7 heteroatoms. The smallest absolute Gasteiger partial charge is 0.342 e. The molecule has 1 aliphatic rings. The fourth-order valence-electron chi connectivity index (χ4n) is 1.84. The van der Waals surface area contributed by atoms with Gasteiger partial charge in [-0.05, 0) is 14.0 Å². The van der Waals surface area contributed by atoms with Crippen molar-refractivity contribution in [1.82, 2.24) is 14.9 Å². The Labute approximate surface area is 121 Å². The molecular formula is C12H16ClN3O2S. The van der Waals surface area contributed by atoms with Crippen molar-refractivity contribution in [3.63, 3.8) is 0 Å². The lowest BCUT2D eigenvalue weighted by Gasteiger charge is -2.30. The number of esters is 1. The molecule has 1 unspecified atom stereocenters. The van der Waals surface area contributed by atoms with E-state index < -0.39 is 5.97 Å². The van der Waals surface area contributed by atoms with Gasteiger partial charge < -0.3 is 4.74 Å². The van der Waals surface area contributed by atoms with E-state index in [-0.39, 0.29) is 16.8 Å². The first-order valence-electron chi connectivity index (χ1n) is 6.11. The Balaban J connectivity index is 2.20. The van der Waals surface area contributed by atoms with Gasteiger partial charge in [-0.2, -0.15) is 11.8 Å². The minimum atomic E-state index is -0.481. The number of ether oxygens (including phenoxy) is 1. The number of aromatic nitrogens is 2. The van der Waals surface area contributed by atoms with Gasteiger partial charge in [-0.1, -0.05) is 11.6 Å². The first kappa shape index (κ1) is 14.6. The number of halogens is 1. The molecule has 1 fully saturated rings. The molecule has 104 valence electrons. The van der Waals surface area contributed by atoms with Crippen LogP contribution in [0.15, 0.2) is 6.20 Å². The predicted octanol–water partition coefficient (Wildman–Crippen LogP) is 2.03. The van der Waals surface area contributed by atoms with Crippen molar-refractivity contribution in [1.29, 1.82) is 0 Å². The standard InChI is InChI=1S/C12H16ClN3O2S/c1-3-18-12(17)8-6-14-11(15-10(8)13)9-7-19-5-4-16(9)2/h6,9H,3-5,7H2,1-2H3. The minimum Gasteiger partial charge on any atom is -0.462 e. The lowest BCUT2D eigenvalue weighted by molar-refractivity contribution is 0.0525. The van der Waals surface area contributed by atoms with Gasteiger partial charge in [0.05, 0.1) is 12.6 Å². The van der Waals surface area contributed by atoms with Gasteiger partial charge in [0.2, 0.25) is 0 Å². The summed E-state index contributed by atoms with van der Waals surface area (Å²) in [6, 6.07) is 0.146. The zero-order valence-corrected chi connectivity index (χ0v) is 12.5. The van der Waals surface area contributed by atoms with Crippen LogP contribution in [0.2, 0.25) is 5.15 Å². The number of hydrogen-bond donors (Lipinski definition) is 0. The highest BCUT2D eigenvalue weighted by atomic mass is 35.5. The molecule has 1 atom stereocenters. The van der Waals surface area contributed by atoms with E-state index in [1.165, 1.54) is 6.20 Å². The summed E-state index contributed by atoms with van der Waals surface area (Å²) in [5.74, 6) is 2.23. The van der Waals surface area contributed by atoms with Gasteiger partial charge in [0.25, 0.3) is 0 Å². The molecule has 0 amide bonds. The number of hydrogen-bond acceptors (Lipinski definition) is 6. The van der Waals surface area contributed by atoms with Crippen LogP contribution in [0.4, 0.5) is 0 Å². The molecule has 1 aromatic heterocycles. The van der Waals surface area contributed by atoms with Crippen LogP contribution in [-0.4, -0.2) is 52.5 Å². The van der Waals surface area contributed by atoms with E-state index in [1.54, 1.807) is 6.92 Å². The van der Waals surface area contributed by atoms with Gasteiger partial charge >= 0.3 is 5.97 Å². The van der Waals surface area contributed by atoms with Gasteiger partial charge in [0.15, 0.2) is 0 Å². The molecule has 19 heavy (non-hydrogen) atoms. The Bertz CT molecular complexity index is 472. The Kier molecular flexibility index (Phi) is 5.01. The maximum absolute atomic E-state index is 11.6. The van der Waals surface area contributed by atoms with Crippen LogP contribution in [0.3, 0.4) is 0 Å². The normalized spacial score (nSPS) is 20.3. The van der Waals surface area contributed by atoms with Crippen LogP contribution in [-0.2, 0) is 4.74 Å². The van der Waals surface area contributed by atoms with Crippen LogP contribution in [0.5, 0.6) is 0 Å². The first-order chi connectivity index (χ1) is 9.13. The third kappa shape index (κ3) is 3.38. The number of carbonyl (C=O) groups is 1. The van der Waals surface area contributed by atoms with Crippen molar-refractivity contribution in [3.8, 4) is 0 Å². The predicted molar refractivity (Wildman–Crippen MR) is 75.7 cm³/mol. The number of carbonyl (C=O) groups excluding carboxylic acids is 1. The van der Waals surface area contributed by atoms with Gasteiger partial charge in [-0.15, -0.1) is 0 Å². The van der Waals surface area contributed by atoms with Crippen molar-refractivity contribution in [2.45, 2.75) is 13.0 Å². The second-order valence-electron chi connectivity index (χ2n) is 4.22. The molecule has 0 spiro atoms. The minimum absolute atomic E-state index is 0.146. The highest BCUT2D eigenvalue weighted by molar-refractivity contribution is 7.99. The molecule has 0 aromatic carbocycles. The maximum Gasteiger partial charge on any atom is 0.342 e. The monoisotopic (exact) mass is 301 g/mol. The summed E-state index contributed by atoms with van der Waals surface area (Å²) in [5, 5.41) is 0.160. The SMILES string of the molecule is CCOC(=O)c1cnc(C2CSCCN2C)nc1Cl. The summed E-state index contributed by atoms with van der Waals surface area (Å²) in [7, 11) is 2.04. The maximum atomic E-state index is 11.6. The summed E-state index contributed by atoms with van der Waals surface area (Å²) in [6.07, 6.45) is 1.45. The van der Waals surface area contributed by atoms with Gasteiger partial charge in [-0.3, -0.25) is 4.90 Å². The quantitative estimate of drug-likeness (QED) is 0.629. The van der Waals surface area contributed by atoms with Crippen LogP contribution >= 0.6 is 23.4 Å². The molecule has 0 N–H and O–H groups in total. The van der Waals surface area contributed by atoms with Crippen LogP contribution < -0.4 is 0 Å². The van der Waals surface area contributed by atoms with Crippen molar-refractivity contribution < 1.29 is 9.53 Å². The third-order valence-corrected chi connectivity index (χ3v) is 4.26. The summed E-state index contributed by atoms with van der Waals surface area (Å²) < 4.78 is 4.90. The zero-order valence-electron chi connectivity index (χ0n) is 10.9. The second kappa shape index (κ2) is 6.54. The van der Waals surface area contributed by atoms with Crippen molar-refractivity contribution in [3.05, 3.63) is 22.7 Å². The Morgan fingerprint density at radius 1 is 1.68 bits per heavy atom. The summed E-state index contributed by atoms with van der Waals surface area (Å²) in [4.78, 5) is 22.3. The summed E-state index contributed by atoms with van der Waals surface area (Å²) >= 11 is 7.92. The third-order valence-electron chi connectivity index (χ3n) is 2.95. The lowest BCUT2D eigenvalue weighted by atomic mass is 10.2.